The molecule has 4 heteroatoms. The maximum absolute atomic E-state index is 12.0. The molecule has 0 fully saturated rings. The van der Waals surface area contributed by atoms with Gasteiger partial charge in [-0.2, -0.15) is 0 Å². The highest BCUT2D eigenvalue weighted by Crippen LogP contribution is 2.30. The summed E-state index contributed by atoms with van der Waals surface area (Å²) >= 11 is 0. The minimum atomic E-state index is -0.981. The molecule has 2 atom stereocenters. The van der Waals surface area contributed by atoms with E-state index in [0.29, 0.717) is 18.1 Å². The molecule has 0 aromatic rings. The Morgan fingerprint density at radius 2 is 1.62 bits per heavy atom. The second-order valence-electron chi connectivity index (χ2n) is 5.88. The lowest BCUT2D eigenvalue weighted by atomic mass is 9.80. The fourth-order valence-corrected chi connectivity index (χ4v) is 2.57. The molecule has 0 saturated heterocycles. The van der Waals surface area contributed by atoms with Crippen LogP contribution in [0.25, 0.3) is 0 Å². The molecule has 0 radical (unpaired) electrons. The lowest BCUT2D eigenvalue weighted by Gasteiger charge is -2.26. The van der Waals surface area contributed by atoms with E-state index in [9.17, 15) is 9.59 Å². The number of carboxylic acids is 1. The number of ether oxygens (including phenoxy) is 1. The van der Waals surface area contributed by atoms with Crippen LogP contribution in [0.2, 0.25) is 0 Å². The Morgan fingerprint density at radius 1 is 1.08 bits per heavy atom. The van der Waals surface area contributed by atoms with Gasteiger partial charge in [-0.25, -0.2) is 9.59 Å². The van der Waals surface area contributed by atoms with Gasteiger partial charge in [0.1, 0.15) is 0 Å². The van der Waals surface area contributed by atoms with Crippen molar-refractivity contribution in [2.45, 2.75) is 72.6 Å². The Bertz CT molecular complexity index is 374. The van der Waals surface area contributed by atoms with E-state index in [2.05, 4.69) is 40.9 Å². The molecule has 0 amide bonds. The SMILES string of the molecule is C=C(C(=O)OCCCC)C(CC)C(CC)CCCC.C=CC(=O)O. The van der Waals surface area contributed by atoms with Crippen molar-refractivity contribution in [3.63, 3.8) is 0 Å². The number of esters is 1. The summed E-state index contributed by atoms with van der Waals surface area (Å²) in [5.74, 6) is -0.317. The van der Waals surface area contributed by atoms with Gasteiger partial charge in [0.2, 0.25) is 0 Å². The molecule has 2 unspecified atom stereocenters. The molecule has 0 saturated carbocycles. The van der Waals surface area contributed by atoms with Crippen LogP contribution in [0.5, 0.6) is 0 Å². The number of rotatable bonds is 12. The second-order valence-corrected chi connectivity index (χ2v) is 5.88. The topological polar surface area (TPSA) is 63.6 Å². The van der Waals surface area contributed by atoms with Gasteiger partial charge < -0.3 is 9.84 Å². The summed E-state index contributed by atoms with van der Waals surface area (Å²) < 4.78 is 5.29. The van der Waals surface area contributed by atoms with Gasteiger partial charge in [-0.15, -0.1) is 0 Å². The predicted molar refractivity (Wildman–Crippen MR) is 99.9 cm³/mol. The van der Waals surface area contributed by atoms with Crippen molar-refractivity contribution in [1.82, 2.24) is 0 Å². The summed E-state index contributed by atoms with van der Waals surface area (Å²) in [5, 5.41) is 7.60. The van der Waals surface area contributed by atoms with E-state index in [1.54, 1.807) is 0 Å². The van der Waals surface area contributed by atoms with Crippen molar-refractivity contribution < 1.29 is 19.4 Å². The van der Waals surface area contributed by atoms with Gasteiger partial charge in [0.15, 0.2) is 0 Å². The summed E-state index contributed by atoms with van der Waals surface area (Å²) in [7, 11) is 0. The zero-order valence-electron chi connectivity index (χ0n) is 16.0. The van der Waals surface area contributed by atoms with Crippen LogP contribution in [0, 0.1) is 11.8 Å². The maximum Gasteiger partial charge on any atom is 0.333 e. The molecule has 0 heterocycles. The van der Waals surface area contributed by atoms with Crippen LogP contribution in [0.3, 0.4) is 0 Å². The molecule has 0 aliphatic rings. The molecule has 1 N–H and O–H groups in total. The van der Waals surface area contributed by atoms with E-state index in [1.165, 1.54) is 19.3 Å². The van der Waals surface area contributed by atoms with Crippen LogP contribution in [0.1, 0.15) is 72.6 Å². The average molecular weight is 341 g/mol. The monoisotopic (exact) mass is 340 g/mol. The van der Waals surface area contributed by atoms with E-state index in [-0.39, 0.29) is 11.9 Å². The Morgan fingerprint density at radius 3 is 2.00 bits per heavy atom. The highest BCUT2D eigenvalue weighted by molar-refractivity contribution is 5.88. The van der Waals surface area contributed by atoms with Crippen molar-refractivity contribution in [2.75, 3.05) is 6.61 Å². The molecule has 24 heavy (non-hydrogen) atoms. The minimum Gasteiger partial charge on any atom is -0.478 e. The smallest absolute Gasteiger partial charge is 0.333 e. The molecule has 4 nitrogen and oxygen atoms in total. The Balaban J connectivity index is 0. The fraction of sp³-hybridized carbons (Fsp3) is 0.700. The van der Waals surface area contributed by atoms with Gasteiger partial charge in [0.05, 0.1) is 6.61 Å². The van der Waals surface area contributed by atoms with Crippen LogP contribution in [-0.2, 0) is 14.3 Å². The molecule has 140 valence electrons. The van der Waals surface area contributed by atoms with Crippen molar-refractivity contribution in [3.05, 3.63) is 24.8 Å². The largest absolute Gasteiger partial charge is 0.478 e. The number of unbranched alkanes of at least 4 members (excludes halogenated alkanes) is 2. The first-order valence-electron chi connectivity index (χ1n) is 9.10. The van der Waals surface area contributed by atoms with Crippen molar-refractivity contribution >= 4 is 11.9 Å². The number of carboxylic acid groups (broad SMARTS) is 1. The van der Waals surface area contributed by atoms with Gasteiger partial charge in [-0.05, 0) is 31.1 Å². The summed E-state index contributed by atoms with van der Waals surface area (Å²) in [6, 6.07) is 0. The average Bonchev–Trinajstić information content (AvgIpc) is 2.58. The van der Waals surface area contributed by atoms with Crippen molar-refractivity contribution in [1.29, 1.82) is 0 Å². The van der Waals surface area contributed by atoms with Crippen LogP contribution in [-0.4, -0.2) is 23.7 Å². The van der Waals surface area contributed by atoms with Crippen molar-refractivity contribution in [3.8, 4) is 0 Å². The highest BCUT2D eigenvalue weighted by atomic mass is 16.5. The summed E-state index contributed by atoms with van der Waals surface area (Å²) in [6.45, 7) is 16.1. The standard InChI is InChI=1S/C17H32O2.C3H4O2/c1-6-10-12-15(8-3)16(9-4)14(5)17(18)19-13-11-7-2;1-2-3(4)5/h15-16H,5-13H2,1-4H3;2H,1H2,(H,4,5). The Labute approximate surface area is 148 Å². The molecular weight excluding hydrogens is 304 g/mol. The van der Waals surface area contributed by atoms with Crippen molar-refractivity contribution in [2.24, 2.45) is 11.8 Å². The molecule has 0 aromatic carbocycles. The van der Waals surface area contributed by atoms with Crippen LogP contribution in [0.15, 0.2) is 24.8 Å². The van der Waals surface area contributed by atoms with E-state index in [4.69, 9.17) is 9.84 Å². The lowest BCUT2D eigenvalue weighted by Crippen LogP contribution is -2.22. The third-order valence-electron chi connectivity index (χ3n) is 4.08. The number of hydrogen-bond acceptors (Lipinski definition) is 3. The third kappa shape index (κ3) is 11.9. The number of aliphatic carboxylic acids is 1. The third-order valence-corrected chi connectivity index (χ3v) is 4.08. The number of carbonyl (C=O) groups is 2. The Hall–Kier alpha value is -1.58. The lowest BCUT2D eigenvalue weighted by molar-refractivity contribution is -0.140. The molecule has 0 aliphatic heterocycles. The highest BCUT2D eigenvalue weighted by Gasteiger charge is 2.25. The van der Waals surface area contributed by atoms with Gasteiger partial charge in [-0.3, -0.25) is 0 Å². The first-order chi connectivity index (χ1) is 11.4. The zero-order chi connectivity index (χ0) is 19.0. The molecule has 0 aromatic heterocycles. The normalized spacial score (nSPS) is 12.3. The molecule has 0 rings (SSSR count). The molecule has 0 bridgehead atoms. The molecular formula is C20H36O4. The molecule has 0 spiro atoms. The second kappa shape index (κ2) is 16.3. The Kier molecular flexibility index (Phi) is 16.7. The molecule has 0 aliphatic carbocycles. The quantitative estimate of drug-likeness (QED) is 0.294. The summed E-state index contributed by atoms with van der Waals surface area (Å²) in [4.78, 5) is 21.2. The summed E-state index contributed by atoms with van der Waals surface area (Å²) in [6.07, 6.45) is 8.53. The first-order valence-corrected chi connectivity index (χ1v) is 9.10. The van der Waals surface area contributed by atoms with E-state index in [1.807, 2.05) is 0 Å². The predicted octanol–water partition coefficient (Wildman–Crippen LogP) is 5.39. The van der Waals surface area contributed by atoms with Gasteiger partial charge in [0.25, 0.3) is 0 Å². The fourth-order valence-electron chi connectivity index (χ4n) is 2.57. The van der Waals surface area contributed by atoms with Gasteiger partial charge >= 0.3 is 11.9 Å². The zero-order valence-corrected chi connectivity index (χ0v) is 16.0. The van der Waals surface area contributed by atoms with Crippen LogP contribution in [0.4, 0.5) is 0 Å². The van der Waals surface area contributed by atoms with Gasteiger partial charge in [0, 0.05) is 11.6 Å². The number of carbonyl (C=O) groups excluding carboxylic acids is 1. The minimum absolute atomic E-state index is 0.185. The first kappa shape index (κ1) is 24.7. The van der Waals surface area contributed by atoms with E-state index < -0.39 is 5.97 Å². The van der Waals surface area contributed by atoms with E-state index in [0.717, 1.165) is 31.8 Å². The van der Waals surface area contributed by atoms with E-state index >= 15 is 0 Å². The van der Waals surface area contributed by atoms with Crippen LogP contribution >= 0.6 is 0 Å². The maximum atomic E-state index is 12.0. The number of hydrogen-bond donors (Lipinski definition) is 1. The van der Waals surface area contributed by atoms with Crippen LogP contribution < -0.4 is 0 Å². The van der Waals surface area contributed by atoms with Gasteiger partial charge in [-0.1, -0.05) is 66.5 Å². The summed E-state index contributed by atoms with van der Waals surface area (Å²) in [5.41, 5.74) is 0.682.